The Morgan fingerprint density at radius 1 is 1.42 bits per heavy atom. The lowest BCUT2D eigenvalue weighted by molar-refractivity contribution is -0.134. The summed E-state index contributed by atoms with van der Waals surface area (Å²) in [6.45, 7) is 3.34. The molecule has 0 bridgehead atoms. The predicted molar refractivity (Wildman–Crippen MR) is 77.4 cm³/mol. The third-order valence-corrected chi connectivity index (χ3v) is 3.26. The van der Waals surface area contributed by atoms with Crippen LogP contribution in [0.2, 0.25) is 5.02 Å². The fraction of sp³-hybridized carbons (Fsp3) is 0.500. The van der Waals surface area contributed by atoms with Gasteiger partial charge in [0.25, 0.3) is 0 Å². The average molecular weight is 285 g/mol. The molecule has 0 aliphatic carbocycles. The smallest absolute Gasteiger partial charge is 0.226 e. The first-order valence-electron chi connectivity index (χ1n) is 6.41. The van der Waals surface area contributed by atoms with Gasteiger partial charge < -0.3 is 15.4 Å². The molecule has 0 heterocycles. The van der Waals surface area contributed by atoms with E-state index in [1.165, 1.54) is 0 Å². The number of benzene rings is 1. The minimum absolute atomic E-state index is 0.0738. The van der Waals surface area contributed by atoms with Crippen LogP contribution >= 0.6 is 11.6 Å². The molecule has 0 fully saturated rings. The molecule has 1 aromatic rings. The van der Waals surface area contributed by atoms with Crippen LogP contribution in [-0.4, -0.2) is 37.6 Å². The maximum Gasteiger partial charge on any atom is 0.226 e. The third-order valence-electron chi connectivity index (χ3n) is 3.01. The van der Waals surface area contributed by atoms with Crippen molar-refractivity contribution < 1.29 is 9.53 Å². The van der Waals surface area contributed by atoms with Gasteiger partial charge in [-0.05, 0) is 30.7 Å². The first kappa shape index (κ1) is 15.8. The summed E-state index contributed by atoms with van der Waals surface area (Å²) in [5, 5.41) is 0.674. The van der Waals surface area contributed by atoms with E-state index in [-0.39, 0.29) is 11.8 Å². The van der Waals surface area contributed by atoms with Gasteiger partial charge in [0.2, 0.25) is 5.91 Å². The molecule has 0 saturated heterocycles. The topological polar surface area (TPSA) is 55.6 Å². The number of halogens is 1. The van der Waals surface area contributed by atoms with E-state index >= 15 is 0 Å². The van der Waals surface area contributed by atoms with Gasteiger partial charge in [-0.15, -0.1) is 0 Å². The van der Waals surface area contributed by atoms with Gasteiger partial charge in [-0.1, -0.05) is 18.5 Å². The zero-order valence-corrected chi connectivity index (χ0v) is 12.2. The first-order valence-corrected chi connectivity index (χ1v) is 6.79. The quantitative estimate of drug-likeness (QED) is 0.835. The van der Waals surface area contributed by atoms with Crippen molar-refractivity contribution in [3.63, 3.8) is 0 Å². The van der Waals surface area contributed by atoms with Crippen molar-refractivity contribution in [1.29, 1.82) is 0 Å². The maximum absolute atomic E-state index is 12.0. The van der Waals surface area contributed by atoms with Gasteiger partial charge in [0, 0.05) is 18.6 Å². The summed E-state index contributed by atoms with van der Waals surface area (Å²) >= 11 is 5.78. The molecule has 4 nitrogen and oxygen atoms in total. The molecular formula is C14H21ClN2O2. The summed E-state index contributed by atoms with van der Waals surface area (Å²) in [5.41, 5.74) is 5.56. The van der Waals surface area contributed by atoms with Crippen molar-refractivity contribution in [2.45, 2.75) is 13.3 Å². The van der Waals surface area contributed by atoms with Gasteiger partial charge >= 0.3 is 0 Å². The van der Waals surface area contributed by atoms with Gasteiger partial charge in [-0.25, -0.2) is 0 Å². The molecule has 2 N–H and O–H groups in total. The zero-order chi connectivity index (χ0) is 14.3. The molecule has 1 rings (SSSR count). The van der Waals surface area contributed by atoms with Crippen molar-refractivity contribution >= 4 is 17.5 Å². The van der Waals surface area contributed by atoms with Crippen molar-refractivity contribution in [3.05, 3.63) is 29.3 Å². The Morgan fingerprint density at radius 3 is 2.58 bits per heavy atom. The molecule has 0 aliphatic rings. The van der Waals surface area contributed by atoms with Crippen LogP contribution in [-0.2, 0) is 4.79 Å². The fourth-order valence-corrected chi connectivity index (χ4v) is 1.82. The highest BCUT2D eigenvalue weighted by Gasteiger charge is 2.18. The highest BCUT2D eigenvalue weighted by molar-refractivity contribution is 6.30. The standard InChI is InChI=1S/C14H21ClN2O2/c1-3-11(10-16)14(18)17(2)8-9-19-13-6-4-12(15)5-7-13/h4-7,11H,3,8-10,16H2,1-2H3. The molecule has 0 saturated carbocycles. The van der Waals surface area contributed by atoms with Gasteiger partial charge in [0.15, 0.2) is 0 Å². The molecule has 1 aromatic carbocycles. The molecule has 1 atom stereocenters. The number of nitrogens with two attached hydrogens (primary N) is 1. The highest BCUT2D eigenvalue weighted by atomic mass is 35.5. The fourth-order valence-electron chi connectivity index (χ4n) is 1.70. The van der Waals surface area contributed by atoms with E-state index in [1.54, 1.807) is 36.2 Å². The molecule has 5 heteroatoms. The van der Waals surface area contributed by atoms with E-state index in [0.29, 0.717) is 24.7 Å². The van der Waals surface area contributed by atoms with Crippen molar-refractivity contribution in [3.8, 4) is 5.75 Å². The summed E-state index contributed by atoms with van der Waals surface area (Å²) < 4.78 is 5.55. The molecule has 0 aliphatic heterocycles. The second-order valence-electron chi connectivity index (χ2n) is 4.40. The second-order valence-corrected chi connectivity index (χ2v) is 4.84. The molecule has 0 radical (unpaired) electrons. The molecule has 1 amide bonds. The van der Waals surface area contributed by atoms with Crippen LogP contribution in [0.4, 0.5) is 0 Å². The maximum atomic E-state index is 12.0. The third kappa shape index (κ3) is 5.09. The van der Waals surface area contributed by atoms with Crippen LogP contribution in [0.3, 0.4) is 0 Å². The minimum Gasteiger partial charge on any atom is -0.492 e. The van der Waals surface area contributed by atoms with E-state index < -0.39 is 0 Å². The van der Waals surface area contributed by atoms with Gasteiger partial charge in [0.1, 0.15) is 12.4 Å². The molecular weight excluding hydrogens is 264 g/mol. The van der Waals surface area contributed by atoms with Crippen LogP contribution in [0.5, 0.6) is 5.75 Å². The second kappa shape index (κ2) is 8.02. The van der Waals surface area contributed by atoms with Crippen LogP contribution in [0.25, 0.3) is 0 Å². The summed E-state index contributed by atoms with van der Waals surface area (Å²) in [4.78, 5) is 13.6. The summed E-state index contributed by atoms with van der Waals surface area (Å²) in [6.07, 6.45) is 0.762. The number of amides is 1. The lowest BCUT2D eigenvalue weighted by Gasteiger charge is -2.22. The average Bonchev–Trinajstić information content (AvgIpc) is 2.42. The number of carbonyl (C=O) groups is 1. The number of ether oxygens (including phenoxy) is 1. The van der Waals surface area contributed by atoms with Gasteiger partial charge in [0.05, 0.1) is 12.5 Å². The van der Waals surface area contributed by atoms with Gasteiger partial charge in [-0.2, -0.15) is 0 Å². The molecule has 19 heavy (non-hydrogen) atoms. The zero-order valence-electron chi connectivity index (χ0n) is 11.4. The number of rotatable bonds is 7. The Labute approximate surface area is 119 Å². The number of hydrogen-bond acceptors (Lipinski definition) is 3. The van der Waals surface area contributed by atoms with E-state index in [4.69, 9.17) is 22.1 Å². The minimum atomic E-state index is -0.0967. The Kier molecular flexibility index (Phi) is 6.67. The SMILES string of the molecule is CCC(CN)C(=O)N(C)CCOc1ccc(Cl)cc1. The molecule has 0 aromatic heterocycles. The van der Waals surface area contributed by atoms with E-state index in [9.17, 15) is 4.79 Å². The summed E-state index contributed by atoms with van der Waals surface area (Å²) in [5.74, 6) is 0.723. The molecule has 0 spiro atoms. The number of carbonyl (C=O) groups excluding carboxylic acids is 1. The predicted octanol–water partition coefficient (Wildman–Crippen LogP) is 2.16. The van der Waals surface area contributed by atoms with Crippen molar-refractivity contribution in [2.24, 2.45) is 11.7 Å². The largest absolute Gasteiger partial charge is 0.492 e. The Balaban J connectivity index is 2.36. The number of likely N-dealkylation sites (N-methyl/N-ethyl adjacent to an activating group) is 1. The van der Waals surface area contributed by atoms with Crippen LogP contribution in [0.1, 0.15) is 13.3 Å². The van der Waals surface area contributed by atoms with E-state index in [1.807, 2.05) is 6.92 Å². The normalized spacial score (nSPS) is 12.0. The van der Waals surface area contributed by atoms with Gasteiger partial charge in [-0.3, -0.25) is 4.79 Å². The first-order chi connectivity index (χ1) is 9.08. The summed E-state index contributed by atoms with van der Waals surface area (Å²) in [7, 11) is 1.77. The summed E-state index contributed by atoms with van der Waals surface area (Å²) in [6, 6.07) is 7.15. The van der Waals surface area contributed by atoms with Crippen molar-refractivity contribution in [2.75, 3.05) is 26.7 Å². The number of hydrogen-bond donors (Lipinski definition) is 1. The van der Waals surface area contributed by atoms with Crippen molar-refractivity contribution in [1.82, 2.24) is 4.90 Å². The highest BCUT2D eigenvalue weighted by Crippen LogP contribution is 2.15. The van der Waals surface area contributed by atoms with Crippen LogP contribution < -0.4 is 10.5 Å². The molecule has 1 unspecified atom stereocenters. The Hall–Kier alpha value is -1.26. The van der Waals surface area contributed by atoms with E-state index in [0.717, 1.165) is 12.2 Å². The van der Waals surface area contributed by atoms with E-state index in [2.05, 4.69) is 0 Å². The number of nitrogens with zero attached hydrogens (tertiary/aromatic N) is 1. The monoisotopic (exact) mass is 284 g/mol. The lowest BCUT2D eigenvalue weighted by atomic mass is 10.1. The van der Waals surface area contributed by atoms with Crippen LogP contribution in [0.15, 0.2) is 24.3 Å². The molecule has 106 valence electrons. The lowest BCUT2D eigenvalue weighted by Crippen LogP contribution is -2.38. The Bertz CT molecular complexity index is 391. The Morgan fingerprint density at radius 2 is 2.05 bits per heavy atom. The van der Waals surface area contributed by atoms with Crippen LogP contribution in [0, 0.1) is 5.92 Å².